The molecule has 0 spiro atoms. The first-order valence-corrected chi connectivity index (χ1v) is 9.32. The average molecular weight is 422 g/mol. The summed E-state index contributed by atoms with van der Waals surface area (Å²) in [6, 6.07) is 15.7. The van der Waals surface area contributed by atoms with Gasteiger partial charge < -0.3 is 20.2 Å². The zero-order chi connectivity index (χ0) is 22.2. The van der Waals surface area contributed by atoms with E-state index in [2.05, 4.69) is 10.6 Å². The molecule has 3 rings (SSSR count). The Morgan fingerprint density at radius 3 is 2.32 bits per heavy atom. The molecule has 0 fully saturated rings. The summed E-state index contributed by atoms with van der Waals surface area (Å²) in [5, 5.41) is 14.4. The van der Waals surface area contributed by atoms with E-state index in [1.165, 1.54) is 48.7 Å². The van der Waals surface area contributed by atoms with E-state index in [-0.39, 0.29) is 17.9 Å². The quantitative estimate of drug-likeness (QED) is 0.484. The van der Waals surface area contributed by atoms with Gasteiger partial charge in [-0.3, -0.25) is 9.59 Å². The number of carboxylic acids is 1. The van der Waals surface area contributed by atoms with Crippen LogP contribution < -0.4 is 10.6 Å². The highest BCUT2D eigenvalue weighted by atomic mass is 19.1. The van der Waals surface area contributed by atoms with Gasteiger partial charge in [-0.2, -0.15) is 0 Å². The highest BCUT2D eigenvalue weighted by Crippen LogP contribution is 2.10. The van der Waals surface area contributed by atoms with Crippen LogP contribution in [0.4, 0.5) is 4.39 Å². The maximum absolute atomic E-state index is 13.2. The second-order valence-electron chi connectivity index (χ2n) is 6.59. The summed E-state index contributed by atoms with van der Waals surface area (Å²) in [6.07, 6.45) is 2.67. The molecule has 2 amide bonds. The third kappa shape index (κ3) is 6.14. The molecule has 1 atom stereocenters. The van der Waals surface area contributed by atoms with Crippen LogP contribution in [-0.4, -0.2) is 28.9 Å². The van der Waals surface area contributed by atoms with Crippen LogP contribution in [0.25, 0.3) is 6.08 Å². The molecule has 0 bridgehead atoms. The predicted molar refractivity (Wildman–Crippen MR) is 110 cm³/mol. The predicted octanol–water partition coefficient (Wildman–Crippen LogP) is 3.00. The number of furan rings is 1. The minimum Gasteiger partial charge on any atom is -0.480 e. The van der Waals surface area contributed by atoms with Crippen molar-refractivity contribution in [2.24, 2.45) is 0 Å². The molecule has 0 saturated heterocycles. The summed E-state index contributed by atoms with van der Waals surface area (Å²) in [7, 11) is 0. The monoisotopic (exact) mass is 422 g/mol. The first-order valence-electron chi connectivity index (χ1n) is 9.32. The van der Waals surface area contributed by atoms with E-state index < -0.39 is 29.6 Å². The van der Waals surface area contributed by atoms with Gasteiger partial charge in [0.2, 0.25) is 0 Å². The zero-order valence-electron chi connectivity index (χ0n) is 16.2. The first kappa shape index (κ1) is 21.5. The molecule has 0 saturated carbocycles. The molecule has 3 N–H and O–H groups in total. The van der Waals surface area contributed by atoms with Crippen LogP contribution in [0.15, 0.2) is 83.1 Å². The number of amides is 2. The van der Waals surface area contributed by atoms with Crippen LogP contribution in [-0.2, 0) is 16.0 Å². The summed E-state index contributed by atoms with van der Waals surface area (Å²) in [6.45, 7) is 0. The minimum absolute atomic E-state index is 0.0307. The number of benzene rings is 2. The highest BCUT2D eigenvalue weighted by Gasteiger charge is 2.24. The molecule has 0 aliphatic carbocycles. The van der Waals surface area contributed by atoms with Gasteiger partial charge in [0.25, 0.3) is 11.8 Å². The molecular weight excluding hydrogens is 403 g/mol. The van der Waals surface area contributed by atoms with Crippen molar-refractivity contribution >= 4 is 23.9 Å². The summed E-state index contributed by atoms with van der Waals surface area (Å²) in [4.78, 5) is 36.9. The number of hydrogen-bond donors (Lipinski definition) is 3. The van der Waals surface area contributed by atoms with Gasteiger partial charge in [0.15, 0.2) is 5.76 Å². The molecule has 3 aromatic rings. The van der Waals surface area contributed by atoms with Crippen molar-refractivity contribution in [3.05, 3.63) is 101 Å². The Balaban J connectivity index is 1.83. The largest absolute Gasteiger partial charge is 0.480 e. The Bertz CT molecular complexity index is 1080. The molecular formula is C23H19FN2O5. The van der Waals surface area contributed by atoms with E-state index >= 15 is 0 Å². The number of nitrogens with one attached hydrogen (secondary N) is 2. The van der Waals surface area contributed by atoms with E-state index in [1.807, 2.05) is 0 Å². The highest BCUT2D eigenvalue weighted by molar-refractivity contribution is 6.05. The molecule has 8 heteroatoms. The van der Waals surface area contributed by atoms with Crippen LogP contribution in [0.5, 0.6) is 0 Å². The number of carbonyl (C=O) groups is 3. The van der Waals surface area contributed by atoms with Gasteiger partial charge in [0.05, 0.1) is 6.26 Å². The number of carboxylic acid groups (broad SMARTS) is 1. The van der Waals surface area contributed by atoms with Gasteiger partial charge in [-0.1, -0.05) is 42.5 Å². The Hall–Kier alpha value is -4.20. The molecule has 1 aromatic heterocycles. The molecule has 0 aliphatic heterocycles. The van der Waals surface area contributed by atoms with Gasteiger partial charge >= 0.3 is 5.97 Å². The fourth-order valence-corrected chi connectivity index (χ4v) is 2.76. The van der Waals surface area contributed by atoms with Gasteiger partial charge in [0.1, 0.15) is 17.6 Å². The minimum atomic E-state index is -1.23. The third-order valence-electron chi connectivity index (χ3n) is 4.30. The van der Waals surface area contributed by atoms with Crippen LogP contribution in [0, 0.1) is 5.82 Å². The summed E-state index contributed by atoms with van der Waals surface area (Å²) < 4.78 is 18.2. The van der Waals surface area contributed by atoms with E-state index in [0.717, 1.165) is 5.56 Å². The SMILES string of the molecule is O=C(NC(Cc1ccccc1)C(=O)O)/C(=C\c1ccc(F)cc1)NC(=O)c1ccco1. The maximum Gasteiger partial charge on any atom is 0.326 e. The molecule has 158 valence electrons. The molecule has 2 aromatic carbocycles. The Morgan fingerprint density at radius 1 is 1.00 bits per heavy atom. The molecule has 1 heterocycles. The van der Waals surface area contributed by atoms with Gasteiger partial charge in [0, 0.05) is 6.42 Å². The fraction of sp³-hybridized carbons (Fsp3) is 0.0870. The van der Waals surface area contributed by atoms with Gasteiger partial charge in [-0.15, -0.1) is 0 Å². The van der Waals surface area contributed by atoms with Gasteiger partial charge in [-0.05, 0) is 41.5 Å². The Morgan fingerprint density at radius 2 is 1.71 bits per heavy atom. The maximum atomic E-state index is 13.2. The van der Waals surface area contributed by atoms with Crippen molar-refractivity contribution in [1.29, 1.82) is 0 Å². The summed E-state index contributed by atoms with van der Waals surface area (Å²) in [5.74, 6) is -3.22. The first-order chi connectivity index (χ1) is 14.9. The van der Waals surface area contributed by atoms with Crippen molar-refractivity contribution in [3.8, 4) is 0 Å². The number of hydrogen-bond acceptors (Lipinski definition) is 4. The van der Waals surface area contributed by atoms with Crippen LogP contribution in [0.3, 0.4) is 0 Å². The van der Waals surface area contributed by atoms with Gasteiger partial charge in [-0.25, -0.2) is 9.18 Å². The molecule has 31 heavy (non-hydrogen) atoms. The number of aliphatic carboxylic acids is 1. The molecule has 0 aliphatic rings. The van der Waals surface area contributed by atoms with Crippen LogP contribution in [0.2, 0.25) is 0 Å². The summed E-state index contributed by atoms with van der Waals surface area (Å²) in [5.41, 5.74) is 0.937. The fourth-order valence-electron chi connectivity index (χ4n) is 2.76. The second kappa shape index (κ2) is 10.0. The van der Waals surface area contributed by atoms with Crippen molar-refractivity contribution in [2.75, 3.05) is 0 Å². The Labute approximate surface area is 177 Å². The average Bonchev–Trinajstić information content (AvgIpc) is 3.30. The number of rotatable bonds is 8. The van der Waals surface area contributed by atoms with E-state index in [9.17, 15) is 23.9 Å². The zero-order valence-corrected chi connectivity index (χ0v) is 16.2. The number of halogens is 1. The lowest BCUT2D eigenvalue weighted by Gasteiger charge is -2.16. The van der Waals surface area contributed by atoms with Crippen LogP contribution >= 0.6 is 0 Å². The van der Waals surface area contributed by atoms with Crippen molar-refractivity contribution in [2.45, 2.75) is 12.5 Å². The lowest BCUT2D eigenvalue weighted by molar-refractivity contribution is -0.141. The van der Waals surface area contributed by atoms with Crippen molar-refractivity contribution in [3.63, 3.8) is 0 Å². The Kier molecular flexibility index (Phi) is 6.95. The van der Waals surface area contributed by atoms with Crippen LogP contribution in [0.1, 0.15) is 21.7 Å². The second-order valence-corrected chi connectivity index (χ2v) is 6.59. The molecule has 7 nitrogen and oxygen atoms in total. The number of carbonyl (C=O) groups excluding carboxylic acids is 2. The molecule has 1 unspecified atom stereocenters. The lowest BCUT2D eigenvalue weighted by atomic mass is 10.1. The third-order valence-corrected chi connectivity index (χ3v) is 4.30. The smallest absolute Gasteiger partial charge is 0.326 e. The summed E-state index contributed by atoms with van der Waals surface area (Å²) >= 11 is 0. The lowest BCUT2D eigenvalue weighted by Crippen LogP contribution is -2.45. The van der Waals surface area contributed by atoms with E-state index in [0.29, 0.717) is 5.56 Å². The van der Waals surface area contributed by atoms with E-state index in [1.54, 1.807) is 30.3 Å². The normalized spacial score (nSPS) is 12.1. The topological polar surface area (TPSA) is 109 Å². The van der Waals surface area contributed by atoms with Crippen molar-refractivity contribution in [1.82, 2.24) is 10.6 Å². The van der Waals surface area contributed by atoms with Crippen molar-refractivity contribution < 1.29 is 28.3 Å². The molecule has 0 radical (unpaired) electrons. The standard InChI is InChI=1S/C23H19FN2O5/c24-17-10-8-16(9-11-17)13-18(25-22(28)20-7-4-12-31-20)21(27)26-19(23(29)30)14-15-5-2-1-3-6-15/h1-13,19H,14H2,(H,25,28)(H,26,27)(H,29,30)/b18-13+. The van der Waals surface area contributed by atoms with E-state index in [4.69, 9.17) is 4.42 Å².